The van der Waals surface area contributed by atoms with Crippen LogP contribution in [0.15, 0.2) is 23.2 Å². The first kappa shape index (κ1) is 23.4. The van der Waals surface area contributed by atoms with Gasteiger partial charge < -0.3 is 15.5 Å². The molecular weight excluding hydrogens is 391 g/mol. The van der Waals surface area contributed by atoms with Gasteiger partial charge >= 0.3 is 0 Å². The number of hydrogen-bond acceptors (Lipinski definition) is 4. The van der Waals surface area contributed by atoms with E-state index in [9.17, 15) is 12.8 Å². The lowest BCUT2D eigenvalue weighted by molar-refractivity contribution is 0.347. The molecule has 2 rings (SSSR count). The molecule has 0 amide bonds. The number of piperidine rings is 1. The summed E-state index contributed by atoms with van der Waals surface area (Å²) in [5.41, 5.74) is 1.52. The fraction of sp³-hybridized carbons (Fsp3) is 0.667. The van der Waals surface area contributed by atoms with E-state index < -0.39 is 9.84 Å². The number of sulfone groups is 1. The number of nitrogens with zero attached hydrogens (tertiary/aromatic N) is 2. The van der Waals surface area contributed by atoms with Crippen LogP contribution in [0.5, 0.6) is 0 Å². The summed E-state index contributed by atoms with van der Waals surface area (Å²) in [6.45, 7) is 8.22. The first-order chi connectivity index (χ1) is 13.5. The Morgan fingerprint density at radius 2 is 2.10 bits per heavy atom. The lowest BCUT2D eigenvalue weighted by Gasteiger charge is -2.36. The summed E-state index contributed by atoms with van der Waals surface area (Å²) in [5, 5.41) is 6.76. The Hall–Kier alpha value is -1.83. The van der Waals surface area contributed by atoms with Crippen molar-refractivity contribution in [2.75, 3.05) is 43.6 Å². The summed E-state index contributed by atoms with van der Waals surface area (Å²) in [6.07, 6.45) is 3.81. The minimum absolute atomic E-state index is 0.161. The molecule has 1 atom stereocenters. The minimum Gasteiger partial charge on any atom is -0.367 e. The number of hydrogen-bond donors (Lipinski definition) is 2. The van der Waals surface area contributed by atoms with Crippen molar-refractivity contribution >= 4 is 21.5 Å². The maximum Gasteiger partial charge on any atom is 0.191 e. The molecule has 1 aromatic carbocycles. The van der Waals surface area contributed by atoms with Crippen molar-refractivity contribution in [1.82, 2.24) is 10.6 Å². The van der Waals surface area contributed by atoms with Gasteiger partial charge in [0.25, 0.3) is 0 Å². The zero-order chi connectivity index (χ0) is 21.7. The van der Waals surface area contributed by atoms with Gasteiger partial charge in [0.2, 0.25) is 0 Å². The van der Waals surface area contributed by atoms with E-state index >= 15 is 0 Å². The zero-order valence-corrected chi connectivity index (χ0v) is 19.1. The Labute approximate surface area is 174 Å². The third kappa shape index (κ3) is 7.84. The summed E-state index contributed by atoms with van der Waals surface area (Å²) in [4.78, 5) is 6.40. The van der Waals surface area contributed by atoms with Crippen molar-refractivity contribution < 1.29 is 12.8 Å². The molecule has 1 unspecified atom stereocenters. The van der Waals surface area contributed by atoms with E-state index in [0.29, 0.717) is 31.2 Å². The van der Waals surface area contributed by atoms with E-state index in [1.165, 1.54) is 12.3 Å². The van der Waals surface area contributed by atoms with E-state index in [-0.39, 0.29) is 23.0 Å². The number of aryl methyl sites for hydroxylation is 1. The highest BCUT2D eigenvalue weighted by molar-refractivity contribution is 7.90. The second-order valence-corrected chi connectivity index (χ2v) is 11.1. The van der Waals surface area contributed by atoms with Crippen LogP contribution in [0.4, 0.5) is 10.1 Å². The highest BCUT2D eigenvalue weighted by Gasteiger charge is 2.24. The van der Waals surface area contributed by atoms with Crippen molar-refractivity contribution in [3.05, 3.63) is 29.6 Å². The van der Waals surface area contributed by atoms with Crippen LogP contribution < -0.4 is 15.5 Å². The molecule has 0 aliphatic carbocycles. The van der Waals surface area contributed by atoms with E-state index in [0.717, 1.165) is 24.9 Å². The van der Waals surface area contributed by atoms with Crippen LogP contribution in [0.1, 0.15) is 38.7 Å². The van der Waals surface area contributed by atoms with Gasteiger partial charge in [-0.1, -0.05) is 19.9 Å². The van der Waals surface area contributed by atoms with Crippen molar-refractivity contribution in [3.8, 4) is 0 Å². The summed E-state index contributed by atoms with van der Waals surface area (Å²) < 4.78 is 37.2. The smallest absolute Gasteiger partial charge is 0.191 e. The molecule has 1 aliphatic heterocycles. The van der Waals surface area contributed by atoms with Crippen LogP contribution in [-0.4, -0.2) is 59.1 Å². The molecule has 8 heteroatoms. The highest BCUT2D eigenvalue weighted by Crippen LogP contribution is 2.24. The first-order valence-electron chi connectivity index (χ1n) is 10.1. The lowest BCUT2D eigenvalue weighted by atomic mass is 9.90. The Morgan fingerprint density at radius 3 is 2.76 bits per heavy atom. The summed E-state index contributed by atoms with van der Waals surface area (Å²) in [7, 11) is -1.25. The van der Waals surface area contributed by atoms with Crippen LogP contribution in [0.25, 0.3) is 0 Å². The Bertz CT molecular complexity index is 824. The van der Waals surface area contributed by atoms with Crippen LogP contribution in [0, 0.1) is 18.2 Å². The molecule has 0 spiro atoms. The van der Waals surface area contributed by atoms with Crippen LogP contribution in [0.3, 0.4) is 0 Å². The third-order valence-corrected chi connectivity index (χ3v) is 6.26. The number of aliphatic imine (C=N–C) groups is 1. The van der Waals surface area contributed by atoms with E-state index in [4.69, 9.17) is 0 Å². The maximum atomic E-state index is 14.3. The van der Waals surface area contributed by atoms with Crippen LogP contribution >= 0.6 is 0 Å². The molecule has 1 saturated heterocycles. The quantitative estimate of drug-likeness (QED) is 0.518. The number of benzene rings is 1. The molecule has 2 N–H and O–H groups in total. The lowest BCUT2D eigenvalue weighted by Crippen LogP contribution is -2.52. The average molecular weight is 427 g/mol. The SMILES string of the molecule is CN=C(NCC(C)(C)CCS(C)(=O)=O)NC1CCCN(c2cc(C)ccc2F)C1. The molecule has 0 radical (unpaired) electrons. The van der Waals surface area contributed by atoms with E-state index in [1.807, 2.05) is 26.8 Å². The summed E-state index contributed by atoms with van der Waals surface area (Å²) >= 11 is 0. The van der Waals surface area contributed by atoms with E-state index in [2.05, 4.69) is 20.5 Å². The molecule has 0 aromatic heterocycles. The van der Waals surface area contributed by atoms with Gasteiger partial charge in [0.15, 0.2) is 5.96 Å². The topological polar surface area (TPSA) is 73.8 Å². The second-order valence-electron chi connectivity index (χ2n) is 8.85. The maximum absolute atomic E-state index is 14.3. The number of anilines is 1. The van der Waals surface area contributed by atoms with Gasteiger partial charge in [0, 0.05) is 39.0 Å². The molecule has 1 heterocycles. The summed E-state index contributed by atoms with van der Waals surface area (Å²) in [5.74, 6) is 0.674. The van der Waals surface area contributed by atoms with Crippen molar-refractivity contribution in [3.63, 3.8) is 0 Å². The van der Waals surface area contributed by atoms with Gasteiger partial charge in [-0.2, -0.15) is 0 Å². The molecule has 1 fully saturated rings. The second kappa shape index (κ2) is 9.78. The molecule has 6 nitrogen and oxygen atoms in total. The number of guanidine groups is 1. The van der Waals surface area contributed by atoms with Crippen molar-refractivity contribution in [1.29, 1.82) is 0 Å². The van der Waals surface area contributed by atoms with Gasteiger partial charge in [-0.3, -0.25) is 4.99 Å². The molecular formula is C21H35FN4O2S. The first-order valence-corrected chi connectivity index (χ1v) is 12.2. The van der Waals surface area contributed by atoms with E-state index in [1.54, 1.807) is 13.1 Å². The van der Waals surface area contributed by atoms with Crippen LogP contribution in [-0.2, 0) is 9.84 Å². The van der Waals surface area contributed by atoms with Gasteiger partial charge in [0.05, 0.1) is 11.4 Å². The fourth-order valence-electron chi connectivity index (χ4n) is 3.44. The molecule has 29 heavy (non-hydrogen) atoms. The monoisotopic (exact) mass is 426 g/mol. The van der Waals surface area contributed by atoms with Gasteiger partial charge in [-0.25, -0.2) is 12.8 Å². The van der Waals surface area contributed by atoms with Gasteiger partial charge in [-0.15, -0.1) is 0 Å². The van der Waals surface area contributed by atoms with Gasteiger partial charge in [0.1, 0.15) is 15.7 Å². The standard InChI is InChI=1S/C21H35FN4O2S/c1-16-8-9-18(22)19(13-16)26-11-6-7-17(14-26)25-20(23-4)24-15-21(2,3)10-12-29(5,27)28/h8-9,13,17H,6-7,10-12,14-15H2,1-5H3,(H2,23,24,25). The average Bonchev–Trinajstić information content (AvgIpc) is 2.65. The predicted octanol–water partition coefficient (Wildman–Crippen LogP) is 2.73. The Morgan fingerprint density at radius 1 is 1.38 bits per heavy atom. The number of rotatable bonds is 7. The minimum atomic E-state index is -2.97. The normalized spacial score (nSPS) is 18.6. The van der Waals surface area contributed by atoms with Crippen molar-refractivity contribution in [2.24, 2.45) is 10.4 Å². The molecule has 1 aliphatic rings. The largest absolute Gasteiger partial charge is 0.367 e. The molecule has 0 bridgehead atoms. The fourth-order valence-corrected chi connectivity index (χ4v) is 4.36. The summed E-state index contributed by atoms with van der Waals surface area (Å²) in [6, 6.07) is 5.38. The van der Waals surface area contributed by atoms with Crippen molar-refractivity contribution in [2.45, 2.75) is 46.1 Å². The predicted molar refractivity (Wildman–Crippen MR) is 119 cm³/mol. The molecule has 164 valence electrons. The number of halogens is 1. The number of nitrogens with one attached hydrogen (secondary N) is 2. The van der Waals surface area contributed by atoms with Gasteiger partial charge in [-0.05, 0) is 49.3 Å². The molecule has 0 saturated carbocycles. The molecule has 1 aromatic rings. The highest BCUT2D eigenvalue weighted by atomic mass is 32.2. The third-order valence-electron chi connectivity index (χ3n) is 5.31. The zero-order valence-electron chi connectivity index (χ0n) is 18.3. The van der Waals surface area contributed by atoms with Crippen LogP contribution in [0.2, 0.25) is 0 Å². The Balaban J connectivity index is 1.92. The Kier molecular flexibility index (Phi) is 7.91.